The zero-order chi connectivity index (χ0) is 10.9. The first-order chi connectivity index (χ1) is 6.45. The number of carboxylic acids is 2. The molecular weight excluding hydrogens is 186 g/mol. The van der Waals surface area contributed by atoms with Crippen LogP contribution >= 0.6 is 0 Å². The van der Waals surface area contributed by atoms with E-state index in [0.717, 1.165) is 0 Å². The molecule has 0 spiro atoms. The van der Waals surface area contributed by atoms with Gasteiger partial charge in [-0.05, 0) is 5.92 Å². The van der Waals surface area contributed by atoms with Gasteiger partial charge in [-0.15, -0.1) is 0 Å². The molecule has 0 unspecified atom stereocenters. The van der Waals surface area contributed by atoms with Crippen molar-refractivity contribution in [2.75, 3.05) is 0 Å². The molecule has 5 nitrogen and oxygen atoms in total. The third-order valence-corrected chi connectivity index (χ3v) is 1.93. The second kappa shape index (κ2) is 3.53. The van der Waals surface area contributed by atoms with E-state index in [2.05, 4.69) is 4.98 Å². The molecule has 0 bridgehead atoms. The third kappa shape index (κ3) is 1.61. The minimum absolute atomic E-state index is 0.0470. The van der Waals surface area contributed by atoms with Crippen molar-refractivity contribution < 1.29 is 19.8 Å². The fourth-order valence-corrected chi connectivity index (χ4v) is 1.29. The number of aromatic amines is 1. The summed E-state index contributed by atoms with van der Waals surface area (Å²) in [6, 6.07) is 0. The smallest absolute Gasteiger partial charge is 0.338 e. The maximum absolute atomic E-state index is 10.8. The molecule has 0 saturated carbocycles. The van der Waals surface area contributed by atoms with Gasteiger partial charge in [-0.25, -0.2) is 9.59 Å². The van der Waals surface area contributed by atoms with E-state index >= 15 is 0 Å². The molecule has 3 N–H and O–H groups in total. The molecule has 0 radical (unpaired) electrons. The Bertz CT molecular complexity index is 378. The second-order valence-electron chi connectivity index (χ2n) is 3.26. The van der Waals surface area contributed by atoms with Crippen LogP contribution in [0.3, 0.4) is 0 Å². The molecule has 0 aliphatic rings. The van der Waals surface area contributed by atoms with Gasteiger partial charge in [-0.1, -0.05) is 13.8 Å². The first kappa shape index (κ1) is 10.3. The molecule has 0 aliphatic heterocycles. The van der Waals surface area contributed by atoms with Crippen molar-refractivity contribution in [3.05, 3.63) is 23.0 Å². The summed E-state index contributed by atoms with van der Waals surface area (Å²) < 4.78 is 0. The van der Waals surface area contributed by atoms with Crippen LogP contribution in [0.4, 0.5) is 0 Å². The first-order valence-corrected chi connectivity index (χ1v) is 4.13. The number of carbonyl (C=O) groups is 2. The zero-order valence-corrected chi connectivity index (χ0v) is 7.87. The Morgan fingerprint density at radius 1 is 1.29 bits per heavy atom. The topological polar surface area (TPSA) is 90.4 Å². The lowest BCUT2D eigenvalue weighted by Crippen LogP contribution is -2.08. The van der Waals surface area contributed by atoms with Crippen molar-refractivity contribution in [3.63, 3.8) is 0 Å². The van der Waals surface area contributed by atoms with Crippen LogP contribution in [0, 0.1) is 0 Å². The van der Waals surface area contributed by atoms with Gasteiger partial charge in [-0.3, -0.25) is 0 Å². The van der Waals surface area contributed by atoms with E-state index in [-0.39, 0.29) is 17.0 Å². The summed E-state index contributed by atoms with van der Waals surface area (Å²) in [7, 11) is 0. The highest BCUT2D eigenvalue weighted by molar-refractivity contribution is 6.02. The molecule has 0 atom stereocenters. The highest BCUT2D eigenvalue weighted by Gasteiger charge is 2.23. The first-order valence-electron chi connectivity index (χ1n) is 4.13. The normalized spacial score (nSPS) is 10.5. The van der Waals surface area contributed by atoms with E-state index < -0.39 is 11.9 Å². The number of nitrogens with one attached hydrogen (secondary N) is 1. The summed E-state index contributed by atoms with van der Waals surface area (Å²) in [5.74, 6) is -2.49. The maximum atomic E-state index is 10.8. The van der Waals surface area contributed by atoms with Crippen molar-refractivity contribution in [2.24, 2.45) is 0 Å². The van der Waals surface area contributed by atoms with Gasteiger partial charge < -0.3 is 15.2 Å². The van der Waals surface area contributed by atoms with E-state index in [0.29, 0.717) is 5.69 Å². The molecular formula is C9H11NO4. The molecule has 1 rings (SSSR count). The predicted molar refractivity (Wildman–Crippen MR) is 48.8 cm³/mol. The van der Waals surface area contributed by atoms with Gasteiger partial charge in [0.2, 0.25) is 0 Å². The van der Waals surface area contributed by atoms with Crippen LogP contribution in [0.5, 0.6) is 0 Å². The van der Waals surface area contributed by atoms with Gasteiger partial charge in [0.1, 0.15) is 0 Å². The Balaban J connectivity index is 3.35. The largest absolute Gasteiger partial charge is 0.478 e. The van der Waals surface area contributed by atoms with Crippen molar-refractivity contribution in [3.8, 4) is 0 Å². The van der Waals surface area contributed by atoms with Crippen molar-refractivity contribution in [1.82, 2.24) is 4.98 Å². The molecule has 0 fully saturated rings. The predicted octanol–water partition coefficient (Wildman–Crippen LogP) is 1.53. The highest BCUT2D eigenvalue weighted by atomic mass is 16.4. The summed E-state index contributed by atoms with van der Waals surface area (Å²) in [4.78, 5) is 24.2. The Morgan fingerprint density at radius 3 is 2.21 bits per heavy atom. The van der Waals surface area contributed by atoms with Crippen molar-refractivity contribution in [1.29, 1.82) is 0 Å². The lowest BCUT2D eigenvalue weighted by molar-refractivity contribution is 0.0651. The highest BCUT2D eigenvalue weighted by Crippen LogP contribution is 2.21. The zero-order valence-electron chi connectivity index (χ0n) is 7.87. The molecule has 1 aromatic heterocycles. The summed E-state index contributed by atoms with van der Waals surface area (Å²) in [6.07, 6.45) is 1.21. The van der Waals surface area contributed by atoms with Crippen LogP contribution in [-0.4, -0.2) is 27.1 Å². The van der Waals surface area contributed by atoms with E-state index in [1.54, 1.807) is 13.8 Å². The van der Waals surface area contributed by atoms with E-state index in [1.807, 2.05) is 0 Å². The summed E-state index contributed by atoms with van der Waals surface area (Å²) in [5, 5.41) is 17.6. The summed E-state index contributed by atoms with van der Waals surface area (Å²) in [6.45, 7) is 3.59. The van der Waals surface area contributed by atoms with Gasteiger partial charge >= 0.3 is 11.9 Å². The van der Waals surface area contributed by atoms with Crippen LogP contribution in [-0.2, 0) is 0 Å². The average molecular weight is 197 g/mol. The van der Waals surface area contributed by atoms with E-state index in [4.69, 9.17) is 10.2 Å². The molecule has 1 aromatic rings. The molecule has 0 aromatic carbocycles. The number of rotatable bonds is 3. The van der Waals surface area contributed by atoms with E-state index in [1.165, 1.54) is 6.20 Å². The number of hydrogen-bond acceptors (Lipinski definition) is 2. The summed E-state index contributed by atoms with van der Waals surface area (Å²) in [5.41, 5.74) is 0.101. The molecule has 0 amide bonds. The molecule has 14 heavy (non-hydrogen) atoms. The van der Waals surface area contributed by atoms with Crippen LogP contribution in [0.1, 0.15) is 46.2 Å². The standard InChI is InChI=1S/C9H11NO4/c1-4(2)7-6(9(13)14)5(3-10-7)8(11)12/h3-4,10H,1-2H3,(H,11,12)(H,13,14). The number of aromatic carboxylic acids is 2. The monoisotopic (exact) mass is 197 g/mol. The summed E-state index contributed by atoms with van der Waals surface area (Å²) >= 11 is 0. The van der Waals surface area contributed by atoms with Gasteiger partial charge in [-0.2, -0.15) is 0 Å². The number of hydrogen-bond donors (Lipinski definition) is 3. The molecule has 0 aliphatic carbocycles. The Morgan fingerprint density at radius 2 is 1.86 bits per heavy atom. The van der Waals surface area contributed by atoms with Crippen molar-refractivity contribution in [2.45, 2.75) is 19.8 Å². The minimum Gasteiger partial charge on any atom is -0.478 e. The Hall–Kier alpha value is -1.78. The van der Waals surface area contributed by atoms with Gasteiger partial charge in [0.15, 0.2) is 0 Å². The number of carboxylic acid groups (broad SMARTS) is 2. The fraction of sp³-hybridized carbons (Fsp3) is 0.333. The third-order valence-electron chi connectivity index (χ3n) is 1.93. The van der Waals surface area contributed by atoms with Crippen LogP contribution in [0.15, 0.2) is 6.20 Å². The number of H-pyrrole nitrogens is 1. The van der Waals surface area contributed by atoms with Gasteiger partial charge in [0.05, 0.1) is 11.1 Å². The second-order valence-corrected chi connectivity index (χ2v) is 3.26. The SMILES string of the molecule is CC(C)c1[nH]cc(C(=O)O)c1C(=O)O. The molecule has 76 valence electrons. The fourth-order valence-electron chi connectivity index (χ4n) is 1.29. The van der Waals surface area contributed by atoms with Crippen LogP contribution in [0.25, 0.3) is 0 Å². The molecule has 1 heterocycles. The number of aromatic nitrogens is 1. The van der Waals surface area contributed by atoms with Crippen LogP contribution < -0.4 is 0 Å². The Labute approximate surface area is 80.4 Å². The maximum Gasteiger partial charge on any atom is 0.338 e. The molecule has 5 heteroatoms. The molecule has 0 saturated heterocycles. The van der Waals surface area contributed by atoms with Gasteiger partial charge in [0.25, 0.3) is 0 Å². The average Bonchev–Trinajstić information content (AvgIpc) is 2.46. The quantitative estimate of drug-likeness (QED) is 0.685. The van der Waals surface area contributed by atoms with Gasteiger partial charge in [0, 0.05) is 11.9 Å². The lowest BCUT2D eigenvalue weighted by Gasteiger charge is -2.03. The van der Waals surface area contributed by atoms with Crippen LogP contribution in [0.2, 0.25) is 0 Å². The Kier molecular flexibility index (Phi) is 2.60. The minimum atomic E-state index is -1.23. The lowest BCUT2D eigenvalue weighted by atomic mass is 10.0. The van der Waals surface area contributed by atoms with Crippen molar-refractivity contribution >= 4 is 11.9 Å². The van der Waals surface area contributed by atoms with E-state index in [9.17, 15) is 9.59 Å².